The van der Waals surface area contributed by atoms with E-state index in [2.05, 4.69) is 26.6 Å². The van der Waals surface area contributed by atoms with E-state index in [1.807, 2.05) is 30.3 Å². The highest BCUT2D eigenvalue weighted by molar-refractivity contribution is 5.74. The van der Waals surface area contributed by atoms with E-state index >= 15 is 0 Å². The third-order valence-corrected chi connectivity index (χ3v) is 4.68. The van der Waals surface area contributed by atoms with Crippen molar-refractivity contribution in [3.8, 4) is 11.6 Å². The van der Waals surface area contributed by atoms with E-state index in [-0.39, 0.29) is 12.1 Å². The van der Waals surface area contributed by atoms with Crippen LogP contribution < -0.4 is 25.0 Å². The number of hydrogen-bond acceptors (Lipinski definition) is 5. The number of rotatable bonds is 6. The number of amides is 2. The zero-order valence-corrected chi connectivity index (χ0v) is 15.8. The molecule has 3 rings (SSSR count). The van der Waals surface area contributed by atoms with Gasteiger partial charge in [-0.25, -0.2) is 9.78 Å². The summed E-state index contributed by atoms with van der Waals surface area (Å²) in [4.78, 5) is 18.8. The molecular weight excluding hydrogens is 344 g/mol. The molecule has 0 aliphatic carbocycles. The van der Waals surface area contributed by atoms with Gasteiger partial charge in [0.25, 0.3) is 0 Å². The summed E-state index contributed by atoms with van der Waals surface area (Å²) in [6.07, 6.45) is 1.78. The Kier molecular flexibility index (Phi) is 6.35. The van der Waals surface area contributed by atoms with Crippen molar-refractivity contribution in [1.82, 2.24) is 15.6 Å². The van der Waals surface area contributed by atoms with E-state index < -0.39 is 0 Å². The van der Waals surface area contributed by atoms with E-state index in [0.29, 0.717) is 12.4 Å². The normalized spacial score (nSPS) is 14.5. The molecule has 0 bridgehead atoms. The summed E-state index contributed by atoms with van der Waals surface area (Å²) in [5, 5.41) is 5.91. The van der Waals surface area contributed by atoms with Gasteiger partial charge in [-0.05, 0) is 31.0 Å². The molecule has 0 radical (unpaired) electrons. The molecule has 2 N–H and O–H groups in total. The Hall–Kier alpha value is -2.96. The molecule has 0 spiro atoms. The van der Waals surface area contributed by atoms with E-state index in [1.54, 1.807) is 20.3 Å². The molecule has 144 valence electrons. The molecule has 2 heterocycles. The first-order chi connectivity index (χ1) is 13.2. The number of methoxy groups -OCH3 is 2. The highest BCUT2D eigenvalue weighted by atomic mass is 16.5. The number of nitrogens with one attached hydrogen (secondary N) is 2. The van der Waals surface area contributed by atoms with Gasteiger partial charge in [-0.1, -0.05) is 18.2 Å². The van der Waals surface area contributed by atoms with Gasteiger partial charge in [-0.2, -0.15) is 0 Å². The molecule has 1 fully saturated rings. The lowest BCUT2D eigenvalue weighted by Crippen LogP contribution is -2.47. The molecule has 2 amide bonds. The Bertz CT molecular complexity index is 760. The number of piperidine rings is 1. The van der Waals surface area contributed by atoms with E-state index in [4.69, 9.17) is 9.47 Å². The summed E-state index contributed by atoms with van der Waals surface area (Å²) in [6, 6.07) is 13.5. The highest BCUT2D eigenvalue weighted by Gasteiger charge is 2.22. The molecule has 1 aromatic heterocycles. The third-order valence-electron chi connectivity index (χ3n) is 4.68. The standard InChI is InChI=1S/C20H26N4O3/c1-26-18-8-4-3-7-17(18)24-12-10-15(11-13-24)23-20(25)21-14-16-6-5-9-19(22-16)27-2/h3-9,15H,10-14H2,1-2H3,(H2,21,23,25). The van der Waals surface area contributed by atoms with Crippen LogP contribution in [0.1, 0.15) is 18.5 Å². The number of anilines is 1. The molecular formula is C20H26N4O3. The lowest BCUT2D eigenvalue weighted by molar-refractivity contribution is 0.234. The fraction of sp³-hybridized carbons (Fsp3) is 0.400. The second-order valence-corrected chi connectivity index (χ2v) is 6.43. The van der Waals surface area contributed by atoms with E-state index in [0.717, 1.165) is 43.1 Å². The molecule has 0 saturated carbocycles. The Balaban J connectivity index is 1.45. The van der Waals surface area contributed by atoms with Crippen LogP contribution in [0.5, 0.6) is 11.6 Å². The average molecular weight is 370 g/mol. The number of carbonyl (C=O) groups is 1. The SMILES string of the molecule is COc1cccc(CNC(=O)NC2CCN(c3ccccc3OC)CC2)n1. The van der Waals surface area contributed by atoms with Crippen LogP contribution in [0.2, 0.25) is 0 Å². The highest BCUT2D eigenvalue weighted by Crippen LogP contribution is 2.29. The second-order valence-electron chi connectivity index (χ2n) is 6.43. The number of hydrogen-bond donors (Lipinski definition) is 2. The molecule has 0 unspecified atom stereocenters. The van der Waals surface area contributed by atoms with E-state index in [1.165, 1.54) is 0 Å². The Morgan fingerprint density at radius 2 is 1.89 bits per heavy atom. The predicted molar refractivity (Wildman–Crippen MR) is 104 cm³/mol. The van der Waals surface area contributed by atoms with Crippen LogP contribution in [0.3, 0.4) is 0 Å². The van der Waals surface area contributed by atoms with Crippen LogP contribution in [0.25, 0.3) is 0 Å². The topological polar surface area (TPSA) is 75.7 Å². The van der Waals surface area contributed by atoms with Crippen LogP contribution in [-0.2, 0) is 6.54 Å². The number of para-hydroxylation sites is 2. The lowest BCUT2D eigenvalue weighted by Gasteiger charge is -2.34. The zero-order chi connectivity index (χ0) is 19.1. The minimum absolute atomic E-state index is 0.161. The number of aromatic nitrogens is 1. The predicted octanol–water partition coefficient (Wildman–Crippen LogP) is 2.57. The maximum absolute atomic E-state index is 12.2. The molecule has 1 aromatic carbocycles. The van der Waals surface area contributed by atoms with Gasteiger partial charge in [0.1, 0.15) is 5.75 Å². The Morgan fingerprint density at radius 3 is 2.63 bits per heavy atom. The van der Waals surface area contributed by atoms with Crippen molar-refractivity contribution in [3.63, 3.8) is 0 Å². The molecule has 1 aliphatic rings. The first kappa shape index (κ1) is 18.8. The van der Waals surface area contributed by atoms with Crippen molar-refractivity contribution < 1.29 is 14.3 Å². The Labute approximate surface area is 159 Å². The molecule has 0 atom stereocenters. The monoisotopic (exact) mass is 370 g/mol. The van der Waals surface area contributed by atoms with Crippen molar-refractivity contribution in [1.29, 1.82) is 0 Å². The van der Waals surface area contributed by atoms with Gasteiger partial charge in [0.05, 0.1) is 32.1 Å². The maximum Gasteiger partial charge on any atom is 0.315 e. The summed E-state index contributed by atoms with van der Waals surface area (Å²) < 4.78 is 10.5. The van der Waals surface area contributed by atoms with Crippen LogP contribution in [-0.4, -0.2) is 44.4 Å². The van der Waals surface area contributed by atoms with Crippen molar-refractivity contribution in [2.45, 2.75) is 25.4 Å². The molecule has 1 aliphatic heterocycles. The average Bonchev–Trinajstić information content (AvgIpc) is 2.73. The number of benzene rings is 1. The summed E-state index contributed by atoms with van der Waals surface area (Å²) in [6.45, 7) is 2.12. The maximum atomic E-state index is 12.2. The second kappa shape index (κ2) is 9.12. The van der Waals surface area contributed by atoms with Gasteiger partial charge >= 0.3 is 6.03 Å². The van der Waals surface area contributed by atoms with Crippen LogP contribution in [0.4, 0.5) is 10.5 Å². The van der Waals surface area contributed by atoms with Crippen molar-refractivity contribution in [2.24, 2.45) is 0 Å². The van der Waals surface area contributed by atoms with Crippen molar-refractivity contribution in [2.75, 3.05) is 32.2 Å². The molecule has 7 heteroatoms. The summed E-state index contributed by atoms with van der Waals surface area (Å²) >= 11 is 0. The minimum Gasteiger partial charge on any atom is -0.495 e. The molecule has 27 heavy (non-hydrogen) atoms. The number of urea groups is 1. The number of ether oxygens (including phenoxy) is 2. The fourth-order valence-electron chi connectivity index (χ4n) is 3.23. The van der Waals surface area contributed by atoms with Crippen molar-refractivity contribution >= 4 is 11.7 Å². The number of pyridine rings is 1. The fourth-order valence-corrected chi connectivity index (χ4v) is 3.23. The number of carbonyl (C=O) groups excluding carboxylic acids is 1. The lowest BCUT2D eigenvalue weighted by atomic mass is 10.0. The third kappa shape index (κ3) is 5.03. The Morgan fingerprint density at radius 1 is 1.11 bits per heavy atom. The van der Waals surface area contributed by atoms with Gasteiger partial charge in [0, 0.05) is 25.2 Å². The van der Waals surface area contributed by atoms with Gasteiger partial charge in [-0.3, -0.25) is 0 Å². The first-order valence-corrected chi connectivity index (χ1v) is 9.12. The smallest absolute Gasteiger partial charge is 0.315 e. The molecule has 1 saturated heterocycles. The van der Waals surface area contributed by atoms with Crippen LogP contribution in [0, 0.1) is 0 Å². The van der Waals surface area contributed by atoms with Gasteiger partial charge < -0.3 is 25.0 Å². The van der Waals surface area contributed by atoms with E-state index in [9.17, 15) is 4.79 Å². The quantitative estimate of drug-likeness (QED) is 0.817. The van der Waals surface area contributed by atoms with Crippen LogP contribution >= 0.6 is 0 Å². The summed E-state index contributed by atoms with van der Waals surface area (Å²) in [5.74, 6) is 1.42. The number of nitrogens with zero attached hydrogens (tertiary/aromatic N) is 2. The largest absolute Gasteiger partial charge is 0.495 e. The van der Waals surface area contributed by atoms with Crippen molar-refractivity contribution in [3.05, 3.63) is 48.2 Å². The minimum atomic E-state index is -0.171. The van der Waals surface area contributed by atoms with Gasteiger partial charge in [0.15, 0.2) is 0 Å². The summed E-state index contributed by atoms with van der Waals surface area (Å²) in [7, 11) is 3.26. The summed E-state index contributed by atoms with van der Waals surface area (Å²) in [5.41, 5.74) is 1.86. The van der Waals surface area contributed by atoms with Crippen LogP contribution in [0.15, 0.2) is 42.5 Å². The molecule has 7 nitrogen and oxygen atoms in total. The first-order valence-electron chi connectivity index (χ1n) is 9.12. The van der Waals surface area contributed by atoms with Gasteiger partial charge in [-0.15, -0.1) is 0 Å². The zero-order valence-electron chi connectivity index (χ0n) is 15.8. The molecule has 2 aromatic rings. The van der Waals surface area contributed by atoms with Gasteiger partial charge in [0.2, 0.25) is 5.88 Å².